The summed E-state index contributed by atoms with van der Waals surface area (Å²) < 4.78 is 6.17. The molecule has 3 N–H and O–H groups in total. The van der Waals surface area contributed by atoms with Crippen molar-refractivity contribution in [1.29, 1.82) is 0 Å². The first-order valence-corrected chi connectivity index (χ1v) is 5.15. The maximum atomic E-state index is 8.84. The number of halogens is 1. The highest BCUT2D eigenvalue weighted by Crippen LogP contribution is 2.24. The Hall–Kier alpha value is -0.580. The molecule has 0 fully saturated rings. The van der Waals surface area contributed by atoms with Crippen LogP contribution in [-0.4, -0.2) is 24.9 Å². The van der Waals surface area contributed by atoms with Gasteiger partial charge >= 0.3 is 0 Å². The number of hydrogen-bond donors (Lipinski definition) is 2. The van der Waals surface area contributed by atoms with E-state index in [1.165, 1.54) is 0 Å². The SMILES string of the molecule is COc1cc(Br)ccc1CC(N)CO. The number of benzene rings is 1. The van der Waals surface area contributed by atoms with E-state index in [-0.39, 0.29) is 12.6 Å². The fourth-order valence-electron chi connectivity index (χ4n) is 1.23. The molecule has 0 aliphatic rings. The zero-order valence-corrected chi connectivity index (χ0v) is 9.62. The van der Waals surface area contributed by atoms with Crippen LogP contribution in [0.1, 0.15) is 5.56 Å². The van der Waals surface area contributed by atoms with Crippen LogP contribution in [0, 0.1) is 0 Å². The molecule has 1 rings (SSSR count). The number of nitrogens with two attached hydrogens (primary N) is 1. The maximum Gasteiger partial charge on any atom is 0.123 e. The van der Waals surface area contributed by atoms with Gasteiger partial charge in [-0.25, -0.2) is 0 Å². The topological polar surface area (TPSA) is 55.5 Å². The lowest BCUT2D eigenvalue weighted by Gasteiger charge is -2.12. The van der Waals surface area contributed by atoms with Gasteiger partial charge in [-0.2, -0.15) is 0 Å². The van der Waals surface area contributed by atoms with Crippen molar-refractivity contribution in [1.82, 2.24) is 0 Å². The molecule has 14 heavy (non-hydrogen) atoms. The largest absolute Gasteiger partial charge is 0.496 e. The van der Waals surface area contributed by atoms with Crippen molar-refractivity contribution in [3.05, 3.63) is 28.2 Å². The Balaban J connectivity index is 2.85. The summed E-state index contributed by atoms with van der Waals surface area (Å²) in [6.45, 7) is -0.0147. The second kappa shape index (κ2) is 5.34. The van der Waals surface area contributed by atoms with Crippen LogP contribution in [0.5, 0.6) is 5.75 Å². The second-order valence-corrected chi connectivity index (χ2v) is 4.02. The first kappa shape index (κ1) is 11.5. The summed E-state index contributed by atoms with van der Waals surface area (Å²) in [7, 11) is 1.62. The first-order valence-electron chi connectivity index (χ1n) is 4.36. The van der Waals surface area contributed by atoms with E-state index in [1.54, 1.807) is 7.11 Å². The van der Waals surface area contributed by atoms with E-state index in [4.69, 9.17) is 15.6 Å². The molecule has 0 bridgehead atoms. The molecule has 1 unspecified atom stereocenters. The lowest BCUT2D eigenvalue weighted by molar-refractivity contribution is 0.264. The van der Waals surface area contributed by atoms with Gasteiger partial charge in [0.2, 0.25) is 0 Å². The van der Waals surface area contributed by atoms with Crippen molar-refractivity contribution < 1.29 is 9.84 Å². The lowest BCUT2D eigenvalue weighted by Crippen LogP contribution is -2.27. The molecule has 0 aromatic heterocycles. The standard InChI is InChI=1S/C10H14BrNO2/c1-14-10-5-8(11)3-2-7(10)4-9(12)6-13/h2-3,5,9,13H,4,6,12H2,1H3. The summed E-state index contributed by atoms with van der Waals surface area (Å²) in [6, 6.07) is 5.53. The fraction of sp³-hybridized carbons (Fsp3) is 0.400. The molecular weight excluding hydrogens is 246 g/mol. The molecule has 0 radical (unpaired) electrons. The van der Waals surface area contributed by atoms with Crippen molar-refractivity contribution in [2.45, 2.75) is 12.5 Å². The van der Waals surface area contributed by atoms with E-state index in [9.17, 15) is 0 Å². The lowest BCUT2D eigenvalue weighted by atomic mass is 10.1. The summed E-state index contributed by atoms with van der Waals surface area (Å²) >= 11 is 3.36. The third-order valence-corrected chi connectivity index (χ3v) is 2.46. The minimum atomic E-state index is -0.231. The molecule has 0 saturated carbocycles. The van der Waals surface area contributed by atoms with Crippen LogP contribution in [0.3, 0.4) is 0 Å². The van der Waals surface area contributed by atoms with Crippen LogP contribution in [0.25, 0.3) is 0 Å². The molecule has 0 heterocycles. The normalized spacial score (nSPS) is 12.6. The Morgan fingerprint density at radius 3 is 2.86 bits per heavy atom. The number of aliphatic hydroxyl groups excluding tert-OH is 1. The Labute approximate surface area is 92.0 Å². The van der Waals surface area contributed by atoms with Crippen LogP contribution in [0.2, 0.25) is 0 Å². The van der Waals surface area contributed by atoms with Crippen molar-refractivity contribution in [3.63, 3.8) is 0 Å². The Kier molecular flexibility index (Phi) is 4.38. The molecule has 0 amide bonds. The van der Waals surface area contributed by atoms with Crippen molar-refractivity contribution >= 4 is 15.9 Å². The predicted molar refractivity (Wildman–Crippen MR) is 59.5 cm³/mol. The quantitative estimate of drug-likeness (QED) is 0.858. The highest BCUT2D eigenvalue weighted by molar-refractivity contribution is 9.10. The van der Waals surface area contributed by atoms with Crippen molar-refractivity contribution in [3.8, 4) is 5.75 Å². The average Bonchev–Trinajstić information content (AvgIpc) is 2.20. The summed E-state index contributed by atoms with van der Waals surface area (Å²) in [5.74, 6) is 0.795. The number of rotatable bonds is 4. The van der Waals surface area contributed by atoms with Gasteiger partial charge in [0.05, 0.1) is 13.7 Å². The van der Waals surface area contributed by atoms with Gasteiger partial charge in [-0.1, -0.05) is 22.0 Å². The van der Waals surface area contributed by atoms with Crippen molar-refractivity contribution in [2.75, 3.05) is 13.7 Å². The molecule has 0 aliphatic carbocycles. The monoisotopic (exact) mass is 259 g/mol. The zero-order chi connectivity index (χ0) is 10.6. The molecule has 1 atom stereocenters. The highest BCUT2D eigenvalue weighted by Gasteiger charge is 2.07. The minimum absolute atomic E-state index is 0.0147. The van der Waals surface area contributed by atoms with Gasteiger partial charge in [-0.05, 0) is 24.1 Å². The molecule has 78 valence electrons. The maximum absolute atomic E-state index is 8.84. The van der Waals surface area contributed by atoms with Crippen LogP contribution in [0.15, 0.2) is 22.7 Å². The minimum Gasteiger partial charge on any atom is -0.496 e. The van der Waals surface area contributed by atoms with Crippen LogP contribution in [0.4, 0.5) is 0 Å². The van der Waals surface area contributed by atoms with E-state index >= 15 is 0 Å². The van der Waals surface area contributed by atoms with E-state index in [0.29, 0.717) is 6.42 Å². The van der Waals surface area contributed by atoms with Gasteiger partial charge in [0.1, 0.15) is 5.75 Å². The summed E-state index contributed by atoms with van der Waals surface area (Å²) in [5, 5.41) is 8.84. The molecule has 1 aromatic carbocycles. The summed E-state index contributed by atoms with van der Waals surface area (Å²) in [6.07, 6.45) is 0.618. The molecule has 4 heteroatoms. The van der Waals surface area contributed by atoms with Gasteiger partial charge in [0.25, 0.3) is 0 Å². The van der Waals surface area contributed by atoms with Gasteiger partial charge < -0.3 is 15.6 Å². The van der Waals surface area contributed by atoms with Gasteiger partial charge in [0.15, 0.2) is 0 Å². The second-order valence-electron chi connectivity index (χ2n) is 3.10. The highest BCUT2D eigenvalue weighted by atomic mass is 79.9. The zero-order valence-electron chi connectivity index (χ0n) is 8.03. The van der Waals surface area contributed by atoms with Gasteiger partial charge in [-0.3, -0.25) is 0 Å². The van der Waals surface area contributed by atoms with Crippen LogP contribution >= 0.6 is 15.9 Å². The third-order valence-electron chi connectivity index (χ3n) is 1.97. The number of hydrogen-bond acceptors (Lipinski definition) is 3. The van der Waals surface area contributed by atoms with Gasteiger partial charge in [-0.15, -0.1) is 0 Å². The van der Waals surface area contributed by atoms with E-state index in [1.807, 2.05) is 18.2 Å². The average molecular weight is 260 g/mol. The Bertz CT molecular complexity index is 304. The van der Waals surface area contributed by atoms with Gasteiger partial charge in [0, 0.05) is 10.5 Å². The predicted octanol–water partition coefficient (Wildman–Crippen LogP) is 1.32. The first-order chi connectivity index (χ1) is 6.67. The molecule has 3 nitrogen and oxygen atoms in total. The molecular formula is C10H14BrNO2. The number of ether oxygens (including phenoxy) is 1. The number of methoxy groups -OCH3 is 1. The molecule has 0 aliphatic heterocycles. The van der Waals surface area contributed by atoms with E-state index in [0.717, 1.165) is 15.8 Å². The van der Waals surface area contributed by atoms with Crippen molar-refractivity contribution in [2.24, 2.45) is 5.73 Å². The molecule has 0 saturated heterocycles. The Morgan fingerprint density at radius 2 is 2.29 bits per heavy atom. The number of aliphatic hydroxyl groups is 1. The summed E-state index contributed by atoms with van der Waals surface area (Å²) in [4.78, 5) is 0. The van der Waals surface area contributed by atoms with E-state index < -0.39 is 0 Å². The molecule has 1 aromatic rings. The smallest absolute Gasteiger partial charge is 0.123 e. The fourth-order valence-corrected chi connectivity index (χ4v) is 1.57. The van der Waals surface area contributed by atoms with E-state index in [2.05, 4.69) is 15.9 Å². The van der Waals surface area contributed by atoms with Crippen LogP contribution in [-0.2, 0) is 6.42 Å². The third kappa shape index (κ3) is 2.97. The molecule has 0 spiro atoms. The summed E-state index contributed by atoms with van der Waals surface area (Å²) in [5.41, 5.74) is 6.66. The Morgan fingerprint density at radius 1 is 1.57 bits per heavy atom. The van der Waals surface area contributed by atoms with Crippen LogP contribution < -0.4 is 10.5 Å².